The third kappa shape index (κ3) is 12.9. The number of carboxylic acid groups (broad SMARTS) is 2. The van der Waals surface area contributed by atoms with Crippen molar-refractivity contribution in [1.82, 2.24) is 15.1 Å². The molecule has 1 aromatic carbocycles. The van der Waals surface area contributed by atoms with Crippen molar-refractivity contribution in [3.63, 3.8) is 0 Å². The Balaban J connectivity index is 0.00000102. The Bertz CT molecular complexity index is 869. The van der Waals surface area contributed by atoms with Gasteiger partial charge < -0.3 is 25.3 Å². The molecule has 12 heteroatoms. The number of carboxylic acids is 2. The molecular weight excluding hydrogens is 462 g/mol. The van der Waals surface area contributed by atoms with Crippen LogP contribution in [0.1, 0.15) is 13.8 Å². The number of rotatable bonds is 10. The highest BCUT2D eigenvalue weighted by Gasteiger charge is 2.19. The Morgan fingerprint density at radius 3 is 1.94 bits per heavy atom. The van der Waals surface area contributed by atoms with E-state index < -0.39 is 21.8 Å². The number of sulfone groups is 1. The lowest BCUT2D eigenvalue weighted by Gasteiger charge is -2.28. The van der Waals surface area contributed by atoms with Crippen LogP contribution in [0.2, 0.25) is 5.02 Å². The molecule has 180 valence electrons. The van der Waals surface area contributed by atoms with Gasteiger partial charge in [-0.25, -0.2) is 22.8 Å². The summed E-state index contributed by atoms with van der Waals surface area (Å²) in [7, 11) is 0.435. The van der Waals surface area contributed by atoms with Crippen LogP contribution in [0.3, 0.4) is 0 Å². The van der Waals surface area contributed by atoms with Gasteiger partial charge in [-0.15, -0.1) is 0 Å². The first-order valence-electron chi connectivity index (χ1n) is 9.57. The molecule has 10 nitrogen and oxygen atoms in total. The Morgan fingerprint density at radius 1 is 1.03 bits per heavy atom. The predicted octanol–water partition coefficient (Wildman–Crippen LogP) is 1.81. The molecule has 3 N–H and O–H groups in total. The number of carbonyl (C=O) groups excluding carboxylic acids is 1. The number of aliphatic carboxylic acids is 2. The molecule has 0 spiro atoms. The van der Waals surface area contributed by atoms with E-state index in [0.29, 0.717) is 23.7 Å². The summed E-state index contributed by atoms with van der Waals surface area (Å²) < 4.78 is 24.5. The first-order valence-corrected chi connectivity index (χ1v) is 11.6. The van der Waals surface area contributed by atoms with Crippen LogP contribution >= 0.6 is 11.6 Å². The summed E-state index contributed by atoms with van der Waals surface area (Å²) in [4.78, 5) is 35.2. The number of carbonyl (C=O) groups is 3. The number of hydrogen-bond donors (Lipinski definition) is 3. The summed E-state index contributed by atoms with van der Waals surface area (Å²) >= 11 is 5.76. The lowest BCUT2D eigenvalue weighted by atomic mass is 10.3. The molecule has 0 heterocycles. The van der Waals surface area contributed by atoms with Crippen molar-refractivity contribution in [3.05, 3.63) is 41.4 Å². The topological polar surface area (TPSA) is 144 Å². The van der Waals surface area contributed by atoms with Crippen LogP contribution in [0, 0.1) is 0 Å². The Kier molecular flexibility index (Phi) is 13.2. The third-order valence-electron chi connectivity index (χ3n) is 3.86. The van der Waals surface area contributed by atoms with Gasteiger partial charge >= 0.3 is 18.0 Å². The Morgan fingerprint density at radius 2 is 1.53 bits per heavy atom. The number of hydrogen-bond acceptors (Lipinski definition) is 6. The van der Waals surface area contributed by atoms with Gasteiger partial charge in [0.1, 0.15) is 0 Å². The van der Waals surface area contributed by atoms with Crippen LogP contribution < -0.4 is 5.32 Å². The summed E-state index contributed by atoms with van der Waals surface area (Å²) in [5.41, 5.74) is 0. The van der Waals surface area contributed by atoms with Crippen molar-refractivity contribution in [2.24, 2.45) is 0 Å². The number of urea groups is 1. The van der Waals surface area contributed by atoms with E-state index in [1.165, 1.54) is 24.3 Å². The molecule has 0 unspecified atom stereocenters. The van der Waals surface area contributed by atoms with Gasteiger partial charge in [-0.2, -0.15) is 0 Å². The molecule has 0 fully saturated rings. The number of halogens is 1. The summed E-state index contributed by atoms with van der Waals surface area (Å²) in [5, 5.41) is 18.8. The average Bonchev–Trinajstić information content (AvgIpc) is 2.66. The molecular formula is C20H30ClN3O7S. The highest BCUT2D eigenvalue weighted by Crippen LogP contribution is 2.15. The van der Waals surface area contributed by atoms with Crippen LogP contribution in [0.15, 0.2) is 41.3 Å². The number of nitrogens with zero attached hydrogens (tertiary/aromatic N) is 2. The lowest BCUT2D eigenvalue weighted by molar-refractivity contribution is -0.134. The van der Waals surface area contributed by atoms with Crippen molar-refractivity contribution in [2.75, 3.05) is 39.5 Å². The second kappa shape index (κ2) is 14.4. The highest BCUT2D eigenvalue weighted by atomic mass is 35.5. The molecule has 0 radical (unpaired) electrons. The van der Waals surface area contributed by atoms with E-state index in [2.05, 4.69) is 5.32 Å². The Hall–Kier alpha value is -2.63. The first kappa shape index (κ1) is 29.4. The summed E-state index contributed by atoms with van der Waals surface area (Å²) in [6, 6.07) is 5.80. The zero-order valence-electron chi connectivity index (χ0n) is 18.5. The van der Waals surface area contributed by atoms with Gasteiger partial charge in [0.05, 0.1) is 10.6 Å². The van der Waals surface area contributed by atoms with Crippen LogP contribution in [0.5, 0.6) is 0 Å². The fourth-order valence-corrected chi connectivity index (χ4v) is 3.48. The summed E-state index contributed by atoms with van der Waals surface area (Å²) in [6.07, 6.45) is 1.12. The molecule has 2 amide bonds. The zero-order chi connectivity index (χ0) is 24.9. The minimum Gasteiger partial charge on any atom is -0.478 e. The Labute approximate surface area is 193 Å². The van der Waals surface area contributed by atoms with Gasteiger partial charge in [0.2, 0.25) is 0 Å². The second-order valence-electron chi connectivity index (χ2n) is 7.10. The number of benzene rings is 1. The molecule has 1 aromatic rings. The molecule has 0 saturated heterocycles. The largest absolute Gasteiger partial charge is 0.478 e. The van der Waals surface area contributed by atoms with Crippen LogP contribution in [0.4, 0.5) is 4.79 Å². The normalized spacial score (nSPS) is 11.2. The SMILES string of the molecule is CC(C)N(CCN(C)C)C(=O)NCCS(=O)(=O)c1ccc(Cl)cc1.O=C(O)/C=C\C(=O)O. The standard InChI is InChI=1S/C16H26ClN3O3S.C4H4O4/c1-13(2)20(11-10-19(3)4)16(21)18-9-12-24(22,23)15-7-5-14(17)6-8-15;5-3(6)1-2-4(7)8/h5-8,13H,9-12H2,1-4H3,(H,18,21);1-2H,(H,5,6)(H,7,8)/b;2-1-. The van der Waals surface area contributed by atoms with Gasteiger partial charge in [-0.05, 0) is 52.2 Å². The van der Waals surface area contributed by atoms with Crippen LogP contribution in [-0.4, -0.2) is 91.9 Å². The van der Waals surface area contributed by atoms with E-state index in [4.69, 9.17) is 21.8 Å². The minimum absolute atomic E-state index is 0.0397. The van der Waals surface area contributed by atoms with E-state index in [9.17, 15) is 22.8 Å². The molecule has 32 heavy (non-hydrogen) atoms. The number of nitrogens with one attached hydrogen (secondary N) is 1. The quantitative estimate of drug-likeness (QED) is 0.420. The molecule has 0 bridgehead atoms. The average molecular weight is 492 g/mol. The molecule has 0 atom stereocenters. The maximum atomic E-state index is 12.2. The van der Waals surface area contributed by atoms with E-state index in [-0.39, 0.29) is 29.3 Å². The molecule has 0 aliphatic rings. The van der Waals surface area contributed by atoms with Gasteiger partial charge in [0.15, 0.2) is 9.84 Å². The number of amides is 2. The fourth-order valence-electron chi connectivity index (χ4n) is 2.20. The van der Waals surface area contributed by atoms with Gasteiger partial charge in [0, 0.05) is 42.9 Å². The van der Waals surface area contributed by atoms with Crippen molar-refractivity contribution < 1.29 is 33.0 Å². The molecule has 0 aliphatic heterocycles. The van der Waals surface area contributed by atoms with E-state index in [0.717, 1.165) is 6.54 Å². The smallest absolute Gasteiger partial charge is 0.328 e. The summed E-state index contributed by atoms with van der Waals surface area (Å²) in [6.45, 7) is 5.25. The molecule has 0 aliphatic carbocycles. The van der Waals surface area contributed by atoms with Crippen molar-refractivity contribution >= 4 is 39.4 Å². The highest BCUT2D eigenvalue weighted by molar-refractivity contribution is 7.91. The van der Waals surface area contributed by atoms with E-state index >= 15 is 0 Å². The van der Waals surface area contributed by atoms with Crippen LogP contribution in [0.25, 0.3) is 0 Å². The maximum Gasteiger partial charge on any atom is 0.328 e. The van der Waals surface area contributed by atoms with E-state index in [1.807, 2.05) is 32.8 Å². The number of likely N-dealkylation sites (N-methyl/N-ethyl adjacent to an activating group) is 1. The predicted molar refractivity (Wildman–Crippen MR) is 122 cm³/mol. The second-order valence-corrected chi connectivity index (χ2v) is 9.65. The molecule has 1 rings (SSSR count). The first-order chi connectivity index (χ1) is 14.8. The zero-order valence-corrected chi connectivity index (χ0v) is 20.1. The third-order valence-corrected chi connectivity index (χ3v) is 5.84. The van der Waals surface area contributed by atoms with Crippen molar-refractivity contribution in [2.45, 2.75) is 24.8 Å². The van der Waals surface area contributed by atoms with Crippen LogP contribution in [-0.2, 0) is 19.4 Å². The maximum absolute atomic E-state index is 12.2. The minimum atomic E-state index is -3.44. The van der Waals surface area contributed by atoms with Gasteiger partial charge in [-0.3, -0.25) is 0 Å². The van der Waals surface area contributed by atoms with Gasteiger partial charge in [-0.1, -0.05) is 11.6 Å². The monoisotopic (exact) mass is 491 g/mol. The lowest BCUT2D eigenvalue weighted by Crippen LogP contribution is -2.47. The van der Waals surface area contributed by atoms with E-state index in [1.54, 1.807) is 4.90 Å². The van der Waals surface area contributed by atoms with Crippen molar-refractivity contribution in [1.29, 1.82) is 0 Å². The molecule has 0 saturated carbocycles. The fraction of sp³-hybridized carbons (Fsp3) is 0.450. The van der Waals surface area contributed by atoms with Gasteiger partial charge in [0.25, 0.3) is 0 Å². The molecule has 0 aromatic heterocycles. The van der Waals surface area contributed by atoms with Crippen molar-refractivity contribution in [3.8, 4) is 0 Å². The summed E-state index contributed by atoms with van der Waals surface area (Å²) in [5.74, 6) is -2.67.